The summed E-state index contributed by atoms with van der Waals surface area (Å²) in [6, 6.07) is 13.9. The molecule has 94 valence electrons. The van der Waals surface area contributed by atoms with Crippen molar-refractivity contribution in [3.8, 4) is 0 Å². The molecule has 0 saturated carbocycles. The van der Waals surface area contributed by atoms with Crippen LogP contribution in [0.2, 0.25) is 10.0 Å². The molecule has 2 N–H and O–H groups in total. The van der Waals surface area contributed by atoms with Gasteiger partial charge in [0.25, 0.3) is 0 Å². The highest BCUT2D eigenvalue weighted by molar-refractivity contribution is 7.98. The zero-order valence-electron chi connectivity index (χ0n) is 9.70. The number of hydrogen-bond donors (Lipinski definition) is 1. The van der Waals surface area contributed by atoms with Crippen LogP contribution in [0.1, 0.15) is 11.1 Å². The van der Waals surface area contributed by atoms with E-state index in [2.05, 4.69) is 12.1 Å². The lowest BCUT2D eigenvalue weighted by molar-refractivity contribution is 1.06. The van der Waals surface area contributed by atoms with E-state index in [0.29, 0.717) is 16.6 Å². The summed E-state index contributed by atoms with van der Waals surface area (Å²) in [5.41, 5.74) is 7.81. The third kappa shape index (κ3) is 3.42. The SMILES string of the molecule is NCc1cccc(SCc2cccc(Cl)c2Cl)c1. The van der Waals surface area contributed by atoms with Crippen molar-refractivity contribution in [3.63, 3.8) is 0 Å². The summed E-state index contributed by atoms with van der Waals surface area (Å²) in [7, 11) is 0. The van der Waals surface area contributed by atoms with Crippen molar-refractivity contribution in [2.24, 2.45) is 5.73 Å². The van der Waals surface area contributed by atoms with Crippen LogP contribution in [-0.4, -0.2) is 0 Å². The number of benzene rings is 2. The fourth-order valence-electron chi connectivity index (χ4n) is 1.58. The molecule has 0 bridgehead atoms. The highest BCUT2D eigenvalue weighted by Gasteiger charge is 2.05. The zero-order chi connectivity index (χ0) is 13.0. The third-order valence-corrected chi connectivity index (χ3v) is 4.46. The van der Waals surface area contributed by atoms with E-state index in [4.69, 9.17) is 28.9 Å². The first-order chi connectivity index (χ1) is 8.70. The van der Waals surface area contributed by atoms with E-state index < -0.39 is 0 Å². The minimum atomic E-state index is 0.562. The molecule has 4 heteroatoms. The molecular weight excluding hydrogens is 285 g/mol. The van der Waals surface area contributed by atoms with Gasteiger partial charge in [-0.1, -0.05) is 47.5 Å². The Balaban J connectivity index is 2.09. The molecule has 0 amide bonds. The number of hydrogen-bond acceptors (Lipinski definition) is 2. The van der Waals surface area contributed by atoms with Gasteiger partial charge in [0.1, 0.15) is 0 Å². The lowest BCUT2D eigenvalue weighted by Gasteiger charge is -2.06. The van der Waals surface area contributed by atoms with Crippen LogP contribution in [0.4, 0.5) is 0 Å². The average molecular weight is 298 g/mol. The van der Waals surface area contributed by atoms with Crippen LogP contribution < -0.4 is 5.73 Å². The molecule has 2 aromatic carbocycles. The van der Waals surface area contributed by atoms with Crippen LogP contribution in [0.15, 0.2) is 47.4 Å². The van der Waals surface area contributed by atoms with Crippen molar-refractivity contribution in [1.29, 1.82) is 0 Å². The van der Waals surface area contributed by atoms with Crippen molar-refractivity contribution in [2.75, 3.05) is 0 Å². The zero-order valence-corrected chi connectivity index (χ0v) is 12.0. The molecule has 0 fully saturated rings. The number of halogens is 2. The summed E-state index contributed by atoms with van der Waals surface area (Å²) in [5.74, 6) is 0.799. The van der Waals surface area contributed by atoms with Crippen molar-refractivity contribution < 1.29 is 0 Å². The molecule has 0 saturated heterocycles. The Morgan fingerprint density at radius 3 is 2.61 bits per heavy atom. The van der Waals surface area contributed by atoms with Gasteiger partial charge in [0, 0.05) is 17.2 Å². The summed E-state index contributed by atoms with van der Waals surface area (Å²) in [5, 5.41) is 1.24. The van der Waals surface area contributed by atoms with Gasteiger partial charge in [-0.25, -0.2) is 0 Å². The van der Waals surface area contributed by atoms with E-state index in [0.717, 1.165) is 16.9 Å². The fourth-order valence-corrected chi connectivity index (χ4v) is 3.02. The van der Waals surface area contributed by atoms with E-state index in [1.54, 1.807) is 17.8 Å². The lowest BCUT2D eigenvalue weighted by atomic mass is 10.2. The molecule has 0 aliphatic rings. The molecule has 18 heavy (non-hydrogen) atoms. The Morgan fingerprint density at radius 2 is 1.83 bits per heavy atom. The van der Waals surface area contributed by atoms with Gasteiger partial charge in [-0.2, -0.15) is 0 Å². The minimum Gasteiger partial charge on any atom is -0.326 e. The predicted octanol–water partition coefficient (Wildman–Crippen LogP) is 4.74. The Morgan fingerprint density at radius 1 is 1.06 bits per heavy atom. The maximum Gasteiger partial charge on any atom is 0.0632 e. The monoisotopic (exact) mass is 297 g/mol. The second kappa shape index (κ2) is 6.48. The molecule has 2 aromatic rings. The first-order valence-corrected chi connectivity index (χ1v) is 7.29. The van der Waals surface area contributed by atoms with Crippen molar-refractivity contribution in [3.05, 3.63) is 63.6 Å². The van der Waals surface area contributed by atoms with E-state index in [1.807, 2.05) is 24.3 Å². The lowest BCUT2D eigenvalue weighted by Crippen LogP contribution is -1.95. The van der Waals surface area contributed by atoms with Crippen LogP contribution >= 0.6 is 35.0 Å². The molecule has 2 rings (SSSR count). The predicted molar refractivity (Wildman–Crippen MR) is 80.4 cm³/mol. The number of rotatable bonds is 4. The molecule has 0 spiro atoms. The van der Waals surface area contributed by atoms with Gasteiger partial charge in [0.15, 0.2) is 0 Å². The summed E-state index contributed by atoms with van der Waals surface area (Å²) in [4.78, 5) is 1.19. The molecule has 0 aliphatic heterocycles. The minimum absolute atomic E-state index is 0.562. The molecule has 0 heterocycles. The number of nitrogens with two attached hydrogens (primary N) is 1. The van der Waals surface area contributed by atoms with Gasteiger partial charge < -0.3 is 5.73 Å². The largest absolute Gasteiger partial charge is 0.326 e. The van der Waals surface area contributed by atoms with Crippen LogP contribution in [0, 0.1) is 0 Å². The summed E-state index contributed by atoms with van der Waals surface area (Å²) in [6.45, 7) is 0.562. The Kier molecular flexibility index (Phi) is 4.95. The van der Waals surface area contributed by atoms with E-state index in [9.17, 15) is 0 Å². The standard InChI is InChI=1S/C14H13Cl2NS/c15-13-6-2-4-11(14(13)16)9-18-12-5-1-3-10(7-12)8-17/h1-7H,8-9,17H2. The van der Waals surface area contributed by atoms with E-state index >= 15 is 0 Å². The van der Waals surface area contributed by atoms with Crippen LogP contribution in [0.25, 0.3) is 0 Å². The van der Waals surface area contributed by atoms with Crippen molar-refractivity contribution >= 4 is 35.0 Å². The summed E-state index contributed by atoms with van der Waals surface area (Å²) in [6.07, 6.45) is 0. The molecule has 0 aliphatic carbocycles. The van der Waals surface area contributed by atoms with Crippen molar-refractivity contribution in [1.82, 2.24) is 0 Å². The quantitative estimate of drug-likeness (QED) is 0.825. The summed E-state index contributed by atoms with van der Waals surface area (Å²) < 4.78 is 0. The highest BCUT2D eigenvalue weighted by Crippen LogP contribution is 2.31. The van der Waals surface area contributed by atoms with Gasteiger partial charge >= 0.3 is 0 Å². The molecule has 0 unspecified atom stereocenters. The normalized spacial score (nSPS) is 10.6. The smallest absolute Gasteiger partial charge is 0.0632 e. The highest BCUT2D eigenvalue weighted by atomic mass is 35.5. The van der Waals surface area contributed by atoms with Crippen molar-refractivity contribution in [2.45, 2.75) is 17.2 Å². The van der Waals surface area contributed by atoms with Gasteiger partial charge in [0.05, 0.1) is 10.0 Å². The second-order valence-corrected chi connectivity index (χ2v) is 5.69. The van der Waals surface area contributed by atoms with Gasteiger partial charge in [0.2, 0.25) is 0 Å². The topological polar surface area (TPSA) is 26.0 Å². The maximum atomic E-state index is 6.15. The molecule has 1 nitrogen and oxygen atoms in total. The Labute approximate surface area is 121 Å². The number of thioether (sulfide) groups is 1. The van der Waals surface area contributed by atoms with Crippen LogP contribution in [0.5, 0.6) is 0 Å². The van der Waals surface area contributed by atoms with Crippen LogP contribution in [0.3, 0.4) is 0 Å². The fraction of sp³-hybridized carbons (Fsp3) is 0.143. The molecule has 0 radical (unpaired) electrons. The van der Waals surface area contributed by atoms with Gasteiger partial charge in [-0.05, 0) is 29.3 Å². The van der Waals surface area contributed by atoms with Crippen LogP contribution in [-0.2, 0) is 12.3 Å². The Hall–Kier alpha value is -0.670. The van der Waals surface area contributed by atoms with E-state index in [1.165, 1.54) is 4.90 Å². The van der Waals surface area contributed by atoms with Gasteiger partial charge in [-0.3, -0.25) is 0 Å². The first-order valence-electron chi connectivity index (χ1n) is 5.55. The molecular formula is C14H13Cl2NS. The third-order valence-electron chi connectivity index (χ3n) is 2.56. The Bertz CT molecular complexity index is 543. The van der Waals surface area contributed by atoms with E-state index in [-0.39, 0.29) is 0 Å². The van der Waals surface area contributed by atoms with Gasteiger partial charge in [-0.15, -0.1) is 11.8 Å². The first kappa shape index (κ1) is 13.8. The molecule has 0 aromatic heterocycles. The summed E-state index contributed by atoms with van der Waals surface area (Å²) >= 11 is 13.9. The maximum absolute atomic E-state index is 6.15. The average Bonchev–Trinajstić information content (AvgIpc) is 2.41. The second-order valence-electron chi connectivity index (χ2n) is 3.85. The molecule has 0 atom stereocenters.